The number of hydrogen-bond donors (Lipinski definition) is 1. The third kappa shape index (κ3) is 2.64. The molecule has 0 spiro atoms. The molecule has 0 fully saturated rings. The molecule has 0 aliphatic carbocycles. The number of carbonyl (C=O) groups excluding carboxylic acids is 1. The number of para-hydroxylation sites is 1. The summed E-state index contributed by atoms with van der Waals surface area (Å²) in [5.41, 5.74) is 4.44. The Labute approximate surface area is 125 Å². The average molecular weight is 280 g/mol. The van der Waals surface area contributed by atoms with Crippen molar-refractivity contribution in [1.82, 2.24) is 0 Å². The standard InChI is InChI=1S/C18H20N2O/c1-3-20(15-9-6-7-13(2)11-15)18(21)17-12-14-8-4-5-10-16(14)19-17/h4-11,17,19H,3,12H2,1-2H3/t17-/m0/s1. The van der Waals surface area contributed by atoms with Gasteiger partial charge in [0.1, 0.15) is 6.04 Å². The van der Waals surface area contributed by atoms with Gasteiger partial charge in [-0.2, -0.15) is 0 Å². The largest absolute Gasteiger partial charge is 0.373 e. The molecule has 3 nitrogen and oxygen atoms in total. The Morgan fingerprint density at radius 2 is 2.05 bits per heavy atom. The summed E-state index contributed by atoms with van der Waals surface area (Å²) >= 11 is 0. The number of anilines is 2. The summed E-state index contributed by atoms with van der Waals surface area (Å²) in [7, 11) is 0. The average Bonchev–Trinajstić information content (AvgIpc) is 2.92. The van der Waals surface area contributed by atoms with Gasteiger partial charge in [-0.25, -0.2) is 0 Å². The van der Waals surface area contributed by atoms with Crippen molar-refractivity contribution in [3.8, 4) is 0 Å². The van der Waals surface area contributed by atoms with Gasteiger partial charge in [-0.15, -0.1) is 0 Å². The van der Waals surface area contributed by atoms with Crippen molar-refractivity contribution in [2.24, 2.45) is 0 Å². The zero-order valence-electron chi connectivity index (χ0n) is 12.5. The third-order valence-corrected chi connectivity index (χ3v) is 3.96. The van der Waals surface area contributed by atoms with Gasteiger partial charge >= 0.3 is 0 Å². The molecule has 2 aromatic carbocycles. The Morgan fingerprint density at radius 3 is 2.76 bits per heavy atom. The maximum atomic E-state index is 12.8. The van der Waals surface area contributed by atoms with Crippen molar-refractivity contribution >= 4 is 17.3 Å². The van der Waals surface area contributed by atoms with Gasteiger partial charge in [0.2, 0.25) is 5.91 Å². The second-order valence-electron chi connectivity index (χ2n) is 5.48. The first kappa shape index (κ1) is 13.7. The molecule has 1 N–H and O–H groups in total. The van der Waals surface area contributed by atoms with Gasteiger partial charge in [-0.1, -0.05) is 30.3 Å². The predicted molar refractivity (Wildman–Crippen MR) is 86.8 cm³/mol. The molecule has 3 rings (SSSR count). The van der Waals surface area contributed by atoms with Crippen LogP contribution < -0.4 is 10.2 Å². The lowest BCUT2D eigenvalue weighted by Crippen LogP contribution is -2.42. The van der Waals surface area contributed by atoms with Gasteiger partial charge in [-0.3, -0.25) is 4.79 Å². The molecule has 21 heavy (non-hydrogen) atoms. The van der Waals surface area contributed by atoms with E-state index in [0.717, 1.165) is 17.8 Å². The summed E-state index contributed by atoms with van der Waals surface area (Å²) in [5, 5.41) is 3.34. The van der Waals surface area contributed by atoms with Gasteiger partial charge in [0, 0.05) is 24.3 Å². The molecule has 0 saturated carbocycles. The van der Waals surface area contributed by atoms with Crippen molar-refractivity contribution in [2.45, 2.75) is 26.3 Å². The SMILES string of the molecule is CCN(C(=O)[C@@H]1Cc2ccccc2N1)c1cccc(C)c1. The Hall–Kier alpha value is -2.29. The Kier molecular flexibility index (Phi) is 3.65. The highest BCUT2D eigenvalue weighted by atomic mass is 16.2. The second-order valence-corrected chi connectivity index (χ2v) is 5.48. The number of likely N-dealkylation sites (N-methyl/N-ethyl adjacent to an activating group) is 1. The van der Waals surface area contributed by atoms with Crippen LogP contribution >= 0.6 is 0 Å². The van der Waals surface area contributed by atoms with Crippen LogP contribution in [0, 0.1) is 6.92 Å². The fourth-order valence-corrected chi connectivity index (χ4v) is 2.90. The molecule has 1 atom stereocenters. The number of nitrogens with zero attached hydrogens (tertiary/aromatic N) is 1. The monoisotopic (exact) mass is 280 g/mol. The van der Waals surface area contributed by atoms with Crippen LogP contribution in [0.4, 0.5) is 11.4 Å². The van der Waals surface area contributed by atoms with E-state index >= 15 is 0 Å². The summed E-state index contributed by atoms with van der Waals surface area (Å²) < 4.78 is 0. The highest BCUT2D eigenvalue weighted by molar-refractivity contribution is 6.00. The maximum absolute atomic E-state index is 12.8. The summed E-state index contributed by atoms with van der Waals surface area (Å²) in [6, 6.07) is 16.1. The molecule has 108 valence electrons. The van der Waals surface area contributed by atoms with Gasteiger partial charge in [-0.05, 0) is 43.2 Å². The molecule has 0 unspecified atom stereocenters. The lowest BCUT2D eigenvalue weighted by atomic mass is 10.1. The molecule has 2 aromatic rings. The summed E-state index contributed by atoms with van der Waals surface area (Å²) in [6.07, 6.45) is 0.761. The molecule has 1 heterocycles. The second kappa shape index (κ2) is 5.60. The minimum atomic E-state index is -0.164. The molecular weight excluding hydrogens is 260 g/mol. The smallest absolute Gasteiger partial charge is 0.249 e. The van der Waals surface area contributed by atoms with Crippen LogP contribution in [0.15, 0.2) is 48.5 Å². The molecule has 1 aliphatic rings. The van der Waals surface area contributed by atoms with Crippen molar-refractivity contribution in [2.75, 3.05) is 16.8 Å². The molecule has 1 aliphatic heterocycles. The predicted octanol–water partition coefficient (Wildman–Crippen LogP) is 3.38. The first-order chi connectivity index (χ1) is 10.2. The van der Waals surface area contributed by atoms with E-state index < -0.39 is 0 Å². The molecule has 0 saturated heterocycles. The summed E-state index contributed by atoms with van der Waals surface area (Å²) in [6.45, 7) is 4.74. The summed E-state index contributed by atoms with van der Waals surface area (Å²) in [5.74, 6) is 0.138. The lowest BCUT2D eigenvalue weighted by Gasteiger charge is -2.25. The Balaban J connectivity index is 1.81. The van der Waals surface area contributed by atoms with Crippen LogP contribution in [-0.4, -0.2) is 18.5 Å². The van der Waals surface area contributed by atoms with Gasteiger partial charge in [0.25, 0.3) is 0 Å². The number of nitrogens with one attached hydrogen (secondary N) is 1. The van der Waals surface area contributed by atoms with Crippen LogP contribution in [0.25, 0.3) is 0 Å². The first-order valence-corrected chi connectivity index (χ1v) is 7.41. The third-order valence-electron chi connectivity index (χ3n) is 3.96. The molecule has 3 heteroatoms. The number of fused-ring (bicyclic) bond motifs is 1. The van der Waals surface area contributed by atoms with E-state index in [1.807, 2.05) is 55.1 Å². The number of hydrogen-bond acceptors (Lipinski definition) is 2. The fourth-order valence-electron chi connectivity index (χ4n) is 2.90. The minimum Gasteiger partial charge on any atom is -0.373 e. The van der Waals surface area contributed by atoms with E-state index in [0.29, 0.717) is 6.54 Å². The Bertz CT molecular complexity index is 641. The zero-order chi connectivity index (χ0) is 14.8. The zero-order valence-corrected chi connectivity index (χ0v) is 12.5. The number of rotatable bonds is 3. The van der Waals surface area contributed by atoms with Gasteiger partial charge in [0.05, 0.1) is 0 Å². The number of benzene rings is 2. The van der Waals surface area contributed by atoms with Crippen LogP contribution in [0.2, 0.25) is 0 Å². The lowest BCUT2D eigenvalue weighted by molar-refractivity contribution is -0.119. The number of carbonyl (C=O) groups is 1. The minimum absolute atomic E-state index is 0.138. The van der Waals surface area contributed by atoms with Crippen molar-refractivity contribution < 1.29 is 4.79 Å². The topological polar surface area (TPSA) is 32.3 Å². The molecule has 0 aromatic heterocycles. The van der Waals surface area contributed by atoms with Crippen LogP contribution in [0.3, 0.4) is 0 Å². The van der Waals surface area contributed by atoms with Crippen molar-refractivity contribution in [1.29, 1.82) is 0 Å². The first-order valence-electron chi connectivity index (χ1n) is 7.41. The molecule has 0 bridgehead atoms. The molecular formula is C18H20N2O. The number of amides is 1. The fraction of sp³-hybridized carbons (Fsp3) is 0.278. The van der Waals surface area contributed by atoms with Crippen LogP contribution in [0.5, 0.6) is 0 Å². The van der Waals surface area contributed by atoms with Crippen LogP contribution in [-0.2, 0) is 11.2 Å². The number of aryl methyl sites for hydroxylation is 1. The van der Waals surface area contributed by atoms with E-state index in [1.54, 1.807) is 0 Å². The quantitative estimate of drug-likeness (QED) is 0.934. The van der Waals surface area contributed by atoms with Gasteiger partial charge < -0.3 is 10.2 Å². The highest BCUT2D eigenvalue weighted by Gasteiger charge is 2.30. The van der Waals surface area contributed by atoms with Gasteiger partial charge in [0.15, 0.2) is 0 Å². The summed E-state index contributed by atoms with van der Waals surface area (Å²) in [4.78, 5) is 14.7. The maximum Gasteiger partial charge on any atom is 0.249 e. The van der Waals surface area contributed by atoms with E-state index in [1.165, 1.54) is 11.1 Å². The van der Waals surface area contributed by atoms with E-state index in [-0.39, 0.29) is 11.9 Å². The van der Waals surface area contributed by atoms with Crippen molar-refractivity contribution in [3.63, 3.8) is 0 Å². The Morgan fingerprint density at radius 1 is 1.24 bits per heavy atom. The van der Waals surface area contributed by atoms with E-state index in [9.17, 15) is 4.79 Å². The van der Waals surface area contributed by atoms with Crippen LogP contribution in [0.1, 0.15) is 18.1 Å². The van der Waals surface area contributed by atoms with Crippen molar-refractivity contribution in [3.05, 3.63) is 59.7 Å². The normalized spacial score (nSPS) is 16.2. The molecule has 0 radical (unpaired) electrons. The molecule has 1 amide bonds. The van der Waals surface area contributed by atoms with E-state index in [2.05, 4.69) is 17.4 Å². The van der Waals surface area contributed by atoms with E-state index in [4.69, 9.17) is 0 Å². The highest BCUT2D eigenvalue weighted by Crippen LogP contribution is 2.27.